The Balaban J connectivity index is 1.73. The van der Waals surface area contributed by atoms with Crippen LogP contribution in [0.4, 0.5) is 0 Å². The van der Waals surface area contributed by atoms with Gasteiger partial charge in [-0.05, 0) is 42.7 Å². The molecule has 0 spiro atoms. The molecule has 0 amide bonds. The van der Waals surface area contributed by atoms with E-state index in [0.717, 1.165) is 21.0 Å². The van der Waals surface area contributed by atoms with E-state index in [-0.39, 0.29) is 6.10 Å². The van der Waals surface area contributed by atoms with E-state index in [1.807, 2.05) is 12.1 Å². The van der Waals surface area contributed by atoms with Gasteiger partial charge in [0.1, 0.15) is 0 Å². The third-order valence-corrected chi connectivity index (χ3v) is 5.27. The van der Waals surface area contributed by atoms with Crippen LogP contribution in [0.2, 0.25) is 4.34 Å². The van der Waals surface area contributed by atoms with Crippen molar-refractivity contribution in [1.82, 2.24) is 0 Å². The predicted octanol–water partition coefficient (Wildman–Crippen LogP) is 3.87. The summed E-state index contributed by atoms with van der Waals surface area (Å²) in [6, 6.07) is 3.86. The van der Waals surface area contributed by atoms with Crippen molar-refractivity contribution < 1.29 is 5.11 Å². The highest BCUT2D eigenvalue weighted by Crippen LogP contribution is 2.60. The standard InChI is InChI=1S/C12H15ClOS/c13-10-6-5-9(15-10)12(14)11-7-3-1-2-4-8(7)11/h5-8,11-12,14H,1-4H2. The van der Waals surface area contributed by atoms with Crippen LogP contribution >= 0.6 is 22.9 Å². The smallest absolute Gasteiger partial charge is 0.0932 e. The van der Waals surface area contributed by atoms with Gasteiger partial charge in [-0.2, -0.15) is 0 Å². The Bertz CT molecular complexity index is 350. The van der Waals surface area contributed by atoms with Crippen LogP contribution in [-0.2, 0) is 0 Å². The van der Waals surface area contributed by atoms with E-state index in [9.17, 15) is 5.11 Å². The minimum Gasteiger partial charge on any atom is -0.387 e. The summed E-state index contributed by atoms with van der Waals surface area (Å²) < 4.78 is 0.785. The maximum atomic E-state index is 10.3. The molecule has 0 aliphatic heterocycles. The Kier molecular flexibility index (Phi) is 2.54. The average molecular weight is 243 g/mol. The molecule has 0 saturated heterocycles. The van der Waals surface area contributed by atoms with Crippen molar-refractivity contribution in [2.75, 3.05) is 0 Å². The van der Waals surface area contributed by atoms with Gasteiger partial charge in [-0.25, -0.2) is 0 Å². The van der Waals surface area contributed by atoms with Crippen LogP contribution in [0.5, 0.6) is 0 Å². The van der Waals surface area contributed by atoms with Crippen LogP contribution in [0.25, 0.3) is 0 Å². The van der Waals surface area contributed by atoms with Gasteiger partial charge in [0.25, 0.3) is 0 Å². The van der Waals surface area contributed by atoms with Crippen LogP contribution in [0, 0.1) is 17.8 Å². The molecular weight excluding hydrogens is 228 g/mol. The van der Waals surface area contributed by atoms with Crippen LogP contribution < -0.4 is 0 Å². The minimum absolute atomic E-state index is 0.254. The van der Waals surface area contributed by atoms with E-state index in [0.29, 0.717) is 5.92 Å². The molecule has 3 heteroatoms. The summed E-state index contributed by atoms with van der Waals surface area (Å²) in [4.78, 5) is 1.06. The topological polar surface area (TPSA) is 20.2 Å². The van der Waals surface area contributed by atoms with Crippen LogP contribution in [-0.4, -0.2) is 5.11 Å². The zero-order valence-electron chi connectivity index (χ0n) is 8.53. The fraction of sp³-hybridized carbons (Fsp3) is 0.667. The van der Waals surface area contributed by atoms with E-state index >= 15 is 0 Å². The summed E-state index contributed by atoms with van der Waals surface area (Å²) in [7, 11) is 0. The molecule has 1 aromatic rings. The molecule has 2 aliphatic rings. The van der Waals surface area contributed by atoms with Gasteiger partial charge in [0.2, 0.25) is 0 Å². The zero-order valence-corrected chi connectivity index (χ0v) is 10.1. The van der Waals surface area contributed by atoms with E-state index in [1.165, 1.54) is 37.0 Å². The molecule has 1 aromatic heterocycles. The maximum absolute atomic E-state index is 10.3. The second kappa shape index (κ2) is 3.76. The molecule has 3 rings (SSSR count). The number of aliphatic hydroxyl groups excluding tert-OH is 1. The average Bonchev–Trinajstić information content (AvgIpc) is 2.82. The third kappa shape index (κ3) is 1.73. The zero-order chi connectivity index (χ0) is 10.4. The Labute approximate surface area is 99.1 Å². The van der Waals surface area contributed by atoms with E-state index < -0.39 is 0 Å². The first-order chi connectivity index (χ1) is 7.27. The molecule has 1 N–H and O–H groups in total. The van der Waals surface area contributed by atoms with E-state index in [4.69, 9.17) is 11.6 Å². The van der Waals surface area contributed by atoms with Crippen LogP contribution in [0.3, 0.4) is 0 Å². The lowest BCUT2D eigenvalue weighted by molar-refractivity contribution is 0.146. The van der Waals surface area contributed by atoms with Crippen LogP contribution in [0.15, 0.2) is 12.1 Å². The maximum Gasteiger partial charge on any atom is 0.0932 e. The molecule has 2 aliphatic carbocycles. The normalized spacial score (nSPS) is 36.0. The van der Waals surface area contributed by atoms with E-state index in [2.05, 4.69) is 0 Å². The summed E-state index contributed by atoms with van der Waals surface area (Å²) in [5.41, 5.74) is 0. The summed E-state index contributed by atoms with van der Waals surface area (Å²) in [5.74, 6) is 2.13. The highest BCUT2D eigenvalue weighted by Gasteiger charge is 2.54. The second-order valence-corrected chi connectivity index (χ2v) is 6.52. The van der Waals surface area contributed by atoms with Crippen molar-refractivity contribution in [1.29, 1.82) is 0 Å². The first-order valence-electron chi connectivity index (χ1n) is 5.70. The lowest BCUT2D eigenvalue weighted by Crippen LogP contribution is -1.99. The number of halogens is 1. The molecule has 0 radical (unpaired) electrons. The largest absolute Gasteiger partial charge is 0.387 e. The molecule has 2 saturated carbocycles. The quantitative estimate of drug-likeness (QED) is 0.835. The second-order valence-electron chi connectivity index (χ2n) is 4.78. The number of hydrogen-bond donors (Lipinski definition) is 1. The predicted molar refractivity (Wildman–Crippen MR) is 63.2 cm³/mol. The highest BCUT2D eigenvalue weighted by atomic mass is 35.5. The molecule has 0 bridgehead atoms. The number of aliphatic hydroxyl groups is 1. The summed E-state index contributed by atoms with van der Waals surface area (Å²) in [5, 5.41) is 10.3. The first-order valence-corrected chi connectivity index (χ1v) is 6.90. The van der Waals surface area contributed by atoms with Gasteiger partial charge in [0.15, 0.2) is 0 Å². The SMILES string of the molecule is OC(c1ccc(Cl)s1)C1C2CCCCC21. The van der Waals surface area contributed by atoms with Gasteiger partial charge in [-0.3, -0.25) is 0 Å². The van der Waals surface area contributed by atoms with Gasteiger partial charge < -0.3 is 5.11 Å². The van der Waals surface area contributed by atoms with E-state index in [1.54, 1.807) is 0 Å². The van der Waals surface area contributed by atoms with Crippen molar-refractivity contribution in [2.45, 2.75) is 31.8 Å². The Morgan fingerprint density at radius 3 is 2.47 bits per heavy atom. The van der Waals surface area contributed by atoms with Crippen molar-refractivity contribution >= 4 is 22.9 Å². The molecule has 2 fully saturated rings. The van der Waals surface area contributed by atoms with Crippen molar-refractivity contribution in [2.24, 2.45) is 17.8 Å². The fourth-order valence-electron chi connectivity index (χ4n) is 3.19. The number of fused-ring (bicyclic) bond motifs is 1. The molecule has 3 atom stereocenters. The molecule has 3 unspecified atom stereocenters. The highest BCUT2D eigenvalue weighted by molar-refractivity contribution is 7.16. The van der Waals surface area contributed by atoms with Gasteiger partial charge in [0, 0.05) is 4.88 Å². The van der Waals surface area contributed by atoms with Crippen molar-refractivity contribution in [3.8, 4) is 0 Å². The molecule has 1 nitrogen and oxygen atoms in total. The Hall–Kier alpha value is -0.0500. The van der Waals surface area contributed by atoms with Crippen molar-refractivity contribution in [3.63, 3.8) is 0 Å². The molecule has 0 aromatic carbocycles. The van der Waals surface area contributed by atoms with Gasteiger partial charge in [-0.1, -0.05) is 24.4 Å². The summed E-state index contributed by atoms with van der Waals surface area (Å²) in [6.45, 7) is 0. The lowest BCUT2D eigenvalue weighted by atomic mass is 10.0. The number of hydrogen-bond acceptors (Lipinski definition) is 2. The number of thiophene rings is 1. The summed E-state index contributed by atoms with van der Waals surface area (Å²) >= 11 is 7.41. The lowest BCUT2D eigenvalue weighted by Gasteiger charge is -2.06. The number of rotatable bonds is 2. The fourth-order valence-corrected chi connectivity index (χ4v) is 4.30. The van der Waals surface area contributed by atoms with Gasteiger partial charge >= 0.3 is 0 Å². The Morgan fingerprint density at radius 2 is 1.93 bits per heavy atom. The third-order valence-electron chi connectivity index (χ3n) is 3.97. The van der Waals surface area contributed by atoms with Gasteiger partial charge in [-0.15, -0.1) is 11.3 Å². The first kappa shape index (κ1) is 10.1. The molecule has 15 heavy (non-hydrogen) atoms. The Morgan fingerprint density at radius 1 is 1.27 bits per heavy atom. The molecule has 82 valence electrons. The monoisotopic (exact) mass is 242 g/mol. The van der Waals surface area contributed by atoms with Gasteiger partial charge in [0.05, 0.1) is 10.4 Å². The summed E-state index contributed by atoms with van der Waals surface area (Å²) in [6.07, 6.45) is 5.11. The minimum atomic E-state index is -0.254. The van der Waals surface area contributed by atoms with Crippen molar-refractivity contribution in [3.05, 3.63) is 21.3 Å². The molecular formula is C12H15ClOS. The molecule has 1 heterocycles. The van der Waals surface area contributed by atoms with Crippen LogP contribution in [0.1, 0.15) is 36.7 Å².